The fourth-order valence-electron chi connectivity index (χ4n) is 2.66. The molecule has 2 N–H and O–H groups in total. The van der Waals surface area contributed by atoms with Crippen LogP contribution in [0.2, 0.25) is 0 Å². The van der Waals surface area contributed by atoms with Crippen molar-refractivity contribution in [3.8, 4) is 0 Å². The van der Waals surface area contributed by atoms with Gasteiger partial charge in [0.2, 0.25) is 0 Å². The topological polar surface area (TPSA) is 29.3 Å². The lowest BCUT2D eigenvalue weighted by Gasteiger charge is -2.31. The maximum Gasteiger partial charge on any atom is 0.416 e. The van der Waals surface area contributed by atoms with Gasteiger partial charge in [-0.15, -0.1) is 0 Å². The predicted molar refractivity (Wildman–Crippen MR) is 70.1 cm³/mol. The van der Waals surface area contributed by atoms with E-state index in [0.717, 1.165) is 31.7 Å². The number of halogens is 4. The summed E-state index contributed by atoms with van der Waals surface area (Å²) in [7, 11) is 0. The van der Waals surface area contributed by atoms with E-state index in [1.807, 2.05) is 4.90 Å². The molecule has 1 atom stereocenters. The molecular formula is C14H18F4N2. The van der Waals surface area contributed by atoms with Crippen molar-refractivity contribution in [1.82, 2.24) is 0 Å². The van der Waals surface area contributed by atoms with Crippen LogP contribution in [0.15, 0.2) is 18.2 Å². The Balaban J connectivity index is 2.31. The van der Waals surface area contributed by atoms with E-state index in [2.05, 4.69) is 0 Å². The van der Waals surface area contributed by atoms with Crippen molar-refractivity contribution in [3.63, 3.8) is 0 Å². The van der Waals surface area contributed by atoms with Crippen molar-refractivity contribution in [2.24, 2.45) is 5.73 Å². The van der Waals surface area contributed by atoms with Gasteiger partial charge in [-0.25, -0.2) is 4.39 Å². The van der Waals surface area contributed by atoms with Gasteiger partial charge in [-0.1, -0.05) is 12.8 Å². The van der Waals surface area contributed by atoms with Crippen molar-refractivity contribution < 1.29 is 17.6 Å². The average molecular weight is 290 g/mol. The van der Waals surface area contributed by atoms with Crippen molar-refractivity contribution >= 4 is 5.69 Å². The molecule has 6 heteroatoms. The number of anilines is 1. The predicted octanol–water partition coefficient (Wildman–Crippen LogP) is 3.55. The van der Waals surface area contributed by atoms with Crippen LogP contribution in [-0.4, -0.2) is 19.1 Å². The molecule has 1 aliphatic heterocycles. The normalized spacial score (nSPS) is 20.9. The van der Waals surface area contributed by atoms with Crippen LogP contribution in [0.3, 0.4) is 0 Å². The minimum Gasteiger partial charge on any atom is -0.365 e. The van der Waals surface area contributed by atoms with E-state index in [4.69, 9.17) is 5.73 Å². The molecule has 0 aliphatic carbocycles. The number of hydrogen-bond donors (Lipinski definition) is 1. The molecule has 2 nitrogen and oxygen atoms in total. The Bertz CT molecular complexity index is 459. The van der Waals surface area contributed by atoms with Crippen LogP contribution in [0.5, 0.6) is 0 Å². The van der Waals surface area contributed by atoms with Crippen molar-refractivity contribution in [2.45, 2.75) is 37.9 Å². The number of alkyl halides is 3. The summed E-state index contributed by atoms with van der Waals surface area (Å²) in [5.74, 6) is -0.833. The van der Waals surface area contributed by atoms with E-state index in [1.165, 1.54) is 6.07 Å². The highest BCUT2D eigenvalue weighted by molar-refractivity contribution is 5.50. The van der Waals surface area contributed by atoms with Crippen molar-refractivity contribution in [3.05, 3.63) is 29.6 Å². The molecule has 1 fully saturated rings. The highest BCUT2D eigenvalue weighted by atomic mass is 19.4. The zero-order chi connectivity index (χ0) is 14.8. The first-order valence-corrected chi connectivity index (χ1v) is 6.77. The highest BCUT2D eigenvalue weighted by Crippen LogP contribution is 2.33. The summed E-state index contributed by atoms with van der Waals surface area (Å²) in [5, 5.41) is 0. The fraction of sp³-hybridized carbons (Fsp3) is 0.571. The molecule has 2 rings (SSSR count). The number of rotatable bonds is 2. The molecule has 112 valence electrons. The first-order chi connectivity index (χ1) is 9.43. The van der Waals surface area contributed by atoms with Crippen LogP contribution in [0.25, 0.3) is 0 Å². The van der Waals surface area contributed by atoms with Crippen molar-refractivity contribution in [1.29, 1.82) is 0 Å². The number of hydrogen-bond acceptors (Lipinski definition) is 2. The van der Waals surface area contributed by atoms with Gasteiger partial charge in [-0.05, 0) is 31.0 Å². The van der Waals surface area contributed by atoms with E-state index in [1.54, 1.807) is 0 Å². The summed E-state index contributed by atoms with van der Waals surface area (Å²) in [6.45, 7) is 1.00. The van der Waals surface area contributed by atoms with Gasteiger partial charge in [-0.2, -0.15) is 13.2 Å². The third-order valence-corrected chi connectivity index (χ3v) is 3.73. The summed E-state index contributed by atoms with van der Waals surface area (Å²) in [4.78, 5) is 1.81. The molecule has 20 heavy (non-hydrogen) atoms. The summed E-state index contributed by atoms with van der Waals surface area (Å²) in [5.41, 5.74) is 4.96. The lowest BCUT2D eigenvalue weighted by molar-refractivity contribution is -0.137. The Morgan fingerprint density at radius 1 is 1.20 bits per heavy atom. The van der Waals surface area contributed by atoms with Gasteiger partial charge in [-0.3, -0.25) is 0 Å². The smallest absolute Gasteiger partial charge is 0.365 e. The monoisotopic (exact) mass is 290 g/mol. The lowest BCUT2D eigenvalue weighted by Crippen LogP contribution is -2.40. The molecule has 1 unspecified atom stereocenters. The van der Waals surface area contributed by atoms with E-state index in [-0.39, 0.29) is 11.7 Å². The van der Waals surface area contributed by atoms with E-state index < -0.39 is 17.6 Å². The molecule has 0 aromatic heterocycles. The Labute approximate surface area is 115 Å². The van der Waals surface area contributed by atoms with Gasteiger partial charge >= 0.3 is 6.18 Å². The maximum atomic E-state index is 14.0. The van der Waals surface area contributed by atoms with Crippen LogP contribution in [0.4, 0.5) is 23.2 Å². The molecule has 1 aromatic rings. The molecule has 0 spiro atoms. The molecule has 1 saturated heterocycles. The molecule has 1 aromatic carbocycles. The zero-order valence-corrected chi connectivity index (χ0v) is 11.1. The van der Waals surface area contributed by atoms with Crippen LogP contribution in [-0.2, 0) is 6.18 Å². The fourth-order valence-corrected chi connectivity index (χ4v) is 2.66. The molecule has 0 saturated carbocycles. The largest absolute Gasteiger partial charge is 0.416 e. The standard InChI is InChI=1S/C14H18F4N2/c15-12-8-10(14(16,17)18)5-6-13(12)20-7-3-1-2-4-11(20)9-19/h5-6,8,11H,1-4,7,9,19H2. The second-order valence-electron chi connectivity index (χ2n) is 5.10. The zero-order valence-electron chi connectivity index (χ0n) is 11.1. The van der Waals surface area contributed by atoms with Gasteiger partial charge in [0.1, 0.15) is 5.82 Å². The van der Waals surface area contributed by atoms with Gasteiger partial charge in [0, 0.05) is 19.1 Å². The minimum atomic E-state index is -4.52. The van der Waals surface area contributed by atoms with Gasteiger partial charge < -0.3 is 10.6 Å². The summed E-state index contributed by atoms with van der Waals surface area (Å²) < 4.78 is 51.7. The maximum absolute atomic E-state index is 14.0. The quantitative estimate of drug-likeness (QED) is 0.844. The summed E-state index contributed by atoms with van der Waals surface area (Å²) in [6, 6.07) is 2.69. The second-order valence-corrected chi connectivity index (χ2v) is 5.10. The first kappa shape index (κ1) is 15.1. The molecule has 0 radical (unpaired) electrons. The van der Waals surface area contributed by atoms with Gasteiger partial charge in [0.25, 0.3) is 0 Å². The number of benzene rings is 1. The number of nitrogens with zero attached hydrogens (tertiary/aromatic N) is 1. The third kappa shape index (κ3) is 3.23. The van der Waals surface area contributed by atoms with Crippen LogP contribution in [0.1, 0.15) is 31.2 Å². The third-order valence-electron chi connectivity index (χ3n) is 3.73. The Hall–Kier alpha value is -1.30. The molecule has 0 amide bonds. The van der Waals surface area contributed by atoms with Gasteiger partial charge in [0.05, 0.1) is 11.3 Å². The van der Waals surface area contributed by atoms with Crippen LogP contribution in [0, 0.1) is 5.82 Å². The number of nitrogens with two attached hydrogens (primary N) is 1. The minimum absolute atomic E-state index is 0.0104. The van der Waals surface area contributed by atoms with Crippen LogP contribution >= 0.6 is 0 Å². The molecular weight excluding hydrogens is 272 g/mol. The van der Waals surface area contributed by atoms with Crippen LogP contribution < -0.4 is 10.6 Å². The van der Waals surface area contributed by atoms with Gasteiger partial charge in [0.15, 0.2) is 0 Å². The second kappa shape index (κ2) is 5.99. The van der Waals surface area contributed by atoms with E-state index >= 15 is 0 Å². The highest BCUT2D eigenvalue weighted by Gasteiger charge is 2.32. The molecule has 1 heterocycles. The summed E-state index contributed by atoms with van der Waals surface area (Å²) in [6.07, 6.45) is -0.727. The van der Waals surface area contributed by atoms with E-state index in [0.29, 0.717) is 19.2 Å². The Kier molecular flexibility index (Phi) is 4.52. The average Bonchev–Trinajstić information content (AvgIpc) is 2.62. The molecule has 0 bridgehead atoms. The Morgan fingerprint density at radius 3 is 2.55 bits per heavy atom. The van der Waals surface area contributed by atoms with E-state index in [9.17, 15) is 17.6 Å². The Morgan fingerprint density at radius 2 is 1.95 bits per heavy atom. The first-order valence-electron chi connectivity index (χ1n) is 6.77. The SMILES string of the molecule is NCC1CCCCCN1c1ccc(C(F)(F)F)cc1F. The lowest BCUT2D eigenvalue weighted by atomic mass is 10.1. The molecule has 1 aliphatic rings. The van der Waals surface area contributed by atoms with Crippen molar-refractivity contribution in [2.75, 3.05) is 18.0 Å². The summed E-state index contributed by atoms with van der Waals surface area (Å²) >= 11 is 0.